The standard InChI is InChI=1S/C13H16O3/c14-12-3-1-10(2-4-12)9-13(15)11-5-7-16-8-6-11/h1-4,11,14H,5-9H2. The molecule has 1 N–H and O–H groups in total. The van der Waals surface area contributed by atoms with Gasteiger partial charge in [-0.1, -0.05) is 12.1 Å². The van der Waals surface area contributed by atoms with Gasteiger partial charge >= 0.3 is 0 Å². The quantitative estimate of drug-likeness (QED) is 0.846. The molecule has 0 radical (unpaired) electrons. The molecular formula is C13H16O3. The topological polar surface area (TPSA) is 46.5 Å². The number of ketones is 1. The van der Waals surface area contributed by atoms with Crippen molar-refractivity contribution in [1.29, 1.82) is 0 Å². The Kier molecular flexibility index (Phi) is 3.57. The molecule has 0 amide bonds. The summed E-state index contributed by atoms with van der Waals surface area (Å²) in [5.74, 6) is 0.679. The van der Waals surface area contributed by atoms with Crippen LogP contribution in [-0.4, -0.2) is 24.1 Å². The van der Waals surface area contributed by atoms with Gasteiger partial charge in [-0.05, 0) is 30.5 Å². The van der Waals surface area contributed by atoms with E-state index >= 15 is 0 Å². The van der Waals surface area contributed by atoms with Gasteiger partial charge in [-0.2, -0.15) is 0 Å². The summed E-state index contributed by atoms with van der Waals surface area (Å²) in [6, 6.07) is 6.83. The maximum atomic E-state index is 11.9. The van der Waals surface area contributed by atoms with Gasteiger partial charge in [-0.25, -0.2) is 0 Å². The highest BCUT2D eigenvalue weighted by Crippen LogP contribution is 2.18. The minimum Gasteiger partial charge on any atom is -0.508 e. The summed E-state index contributed by atoms with van der Waals surface area (Å²) in [6.07, 6.45) is 2.15. The molecule has 0 aromatic heterocycles. The lowest BCUT2D eigenvalue weighted by molar-refractivity contribution is -0.125. The number of carbonyl (C=O) groups is 1. The number of benzene rings is 1. The van der Waals surface area contributed by atoms with Crippen LogP contribution in [0.1, 0.15) is 18.4 Å². The van der Waals surface area contributed by atoms with Crippen molar-refractivity contribution in [3.8, 4) is 5.75 Å². The van der Waals surface area contributed by atoms with Gasteiger partial charge in [-0.3, -0.25) is 4.79 Å². The number of hydrogen-bond acceptors (Lipinski definition) is 3. The highest BCUT2D eigenvalue weighted by atomic mass is 16.5. The lowest BCUT2D eigenvalue weighted by atomic mass is 9.91. The number of carbonyl (C=O) groups excluding carboxylic acids is 1. The first-order valence-corrected chi connectivity index (χ1v) is 5.64. The minimum absolute atomic E-state index is 0.155. The SMILES string of the molecule is O=C(Cc1ccc(O)cc1)C1CCOCC1. The van der Waals surface area contributed by atoms with Crippen molar-refractivity contribution >= 4 is 5.78 Å². The van der Waals surface area contributed by atoms with E-state index in [9.17, 15) is 4.79 Å². The van der Waals surface area contributed by atoms with Crippen molar-refractivity contribution in [2.24, 2.45) is 5.92 Å². The van der Waals surface area contributed by atoms with Gasteiger partial charge in [-0.15, -0.1) is 0 Å². The monoisotopic (exact) mass is 220 g/mol. The van der Waals surface area contributed by atoms with Gasteiger partial charge in [0.15, 0.2) is 0 Å². The fourth-order valence-electron chi connectivity index (χ4n) is 1.98. The first-order chi connectivity index (χ1) is 7.75. The molecule has 0 saturated carbocycles. The average molecular weight is 220 g/mol. The zero-order valence-electron chi connectivity index (χ0n) is 9.19. The first kappa shape index (κ1) is 11.1. The van der Waals surface area contributed by atoms with Gasteiger partial charge in [0.25, 0.3) is 0 Å². The summed E-state index contributed by atoms with van der Waals surface area (Å²) in [5.41, 5.74) is 0.967. The first-order valence-electron chi connectivity index (χ1n) is 5.64. The smallest absolute Gasteiger partial charge is 0.140 e. The predicted octanol–water partition coefficient (Wildman–Crippen LogP) is 1.93. The summed E-state index contributed by atoms with van der Waals surface area (Å²) >= 11 is 0. The lowest BCUT2D eigenvalue weighted by Crippen LogP contribution is -2.24. The average Bonchev–Trinajstić information content (AvgIpc) is 2.33. The van der Waals surface area contributed by atoms with E-state index in [1.54, 1.807) is 24.3 Å². The largest absolute Gasteiger partial charge is 0.508 e. The molecule has 2 rings (SSSR count). The fourth-order valence-corrected chi connectivity index (χ4v) is 1.98. The van der Waals surface area contributed by atoms with Crippen LogP contribution in [0, 0.1) is 5.92 Å². The Morgan fingerprint density at radius 3 is 2.50 bits per heavy atom. The summed E-state index contributed by atoms with van der Waals surface area (Å²) in [6.45, 7) is 1.40. The fraction of sp³-hybridized carbons (Fsp3) is 0.462. The van der Waals surface area contributed by atoms with Crippen LogP contribution in [0.4, 0.5) is 0 Å². The van der Waals surface area contributed by atoms with E-state index in [0.717, 1.165) is 18.4 Å². The van der Waals surface area contributed by atoms with E-state index in [1.807, 2.05) is 0 Å². The molecule has 0 atom stereocenters. The van der Waals surface area contributed by atoms with Crippen molar-refractivity contribution < 1.29 is 14.6 Å². The van der Waals surface area contributed by atoms with Crippen molar-refractivity contribution in [2.75, 3.05) is 13.2 Å². The summed E-state index contributed by atoms with van der Waals surface area (Å²) in [4.78, 5) is 11.9. The summed E-state index contributed by atoms with van der Waals surface area (Å²) in [7, 11) is 0. The molecule has 3 nitrogen and oxygen atoms in total. The Morgan fingerprint density at radius 1 is 1.25 bits per heavy atom. The van der Waals surface area contributed by atoms with Crippen LogP contribution >= 0.6 is 0 Å². The molecule has 0 spiro atoms. The van der Waals surface area contributed by atoms with Crippen LogP contribution in [0.25, 0.3) is 0 Å². The molecule has 0 aliphatic carbocycles. The van der Waals surface area contributed by atoms with Crippen LogP contribution in [0.3, 0.4) is 0 Å². The number of phenols is 1. The van der Waals surface area contributed by atoms with E-state index in [2.05, 4.69) is 0 Å². The third kappa shape index (κ3) is 2.83. The number of ether oxygens (including phenoxy) is 1. The maximum Gasteiger partial charge on any atom is 0.140 e. The lowest BCUT2D eigenvalue weighted by Gasteiger charge is -2.20. The predicted molar refractivity (Wildman–Crippen MR) is 60.4 cm³/mol. The van der Waals surface area contributed by atoms with Crippen LogP contribution in [0.2, 0.25) is 0 Å². The Labute approximate surface area is 95.0 Å². The van der Waals surface area contributed by atoms with E-state index in [4.69, 9.17) is 9.84 Å². The van der Waals surface area contributed by atoms with Gasteiger partial charge in [0.05, 0.1) is 0 Å². The zero-order chi connectivity index (χ0) is 11.4. The van der Waals surface area contributed by atoms with Gasteiger partial charge in [0.1, 0.15) is 11.5 Å². The Morgan fingerprint density at radius 2 is 1.88 bits per heavy atom. The van der Waals surface area contributed by atoms with Crippen molar-refractivity contribution in [3.05, 3.63) is 29.8 Å². The molecular weight excluding hydrogens is 204 g/mol. The Balaban J connectivity index is 1.93. The molecule has 1 saturated heterocycles. The van der Waals surface area contributed by atoms with E-state index in [0.29, 0.717) is 19.6 Å². The highest BCUT2D eigenvalue weighted by molar-refractivity contribution is 5.83. The summed E-state index contributed by atoms with van der Waals surface area (Å²) < 4.78 is 5.23. The molecule has 1 fully saturated rings. The molecule has 0 unspecified atom stereocenters. The van der Waals surface area contributed by atoms with Crippen molar-refractivity contribution in [2.45, 2.75) is 19.3 Å². The van der Waals surface area contributed by atoms with Crippen LogP contribution in [0.15, 0.2) is 24.3 Å². The molecule has 1 aromatic carbocycles. The van der Waals surface area contributed by atoms with Gasteiger partial charge < -0.3 is 9.84 Å². The Bertz CT molecular complexity index is 350. The summed E-state index contributed by atoms with van der Waals surface area (Å²) in [5, 5.41) is 9.14. The molecule has 86 valence electrons. The second kappa shape index (κ2) is 5.12. The molecule has 1 aliphatic rings. The second-order valence-electron chi connectivity index (χ2n) is 4.20. The number of Topliss-reactive ketones (excluding diaryl/α,β-unsaturated/α-hetero) is 1. The third-order valence-electron chi connectivity index (χ3n) is 2.99. The normalized spacial score (nSPS) is 17.2. The molecule has 1 aliphatic heterocycles. The second-order valence-corrected chi connectivity index (χ2v) is 4.20. The van der Waals surface area contributed by atoms with Crippen LogP contribution in [0.5, 0.6) is 5.75 Å². The van der Waals surface area contributed by atoms with E-state index in [1.165, 1.54) is 0 Å². The van der Waals surface area contributed by atoms with E-state index < -0.39 is 0 Å². The maximum absolute atomic E-state index is 11.9. The molecule has 1 heterocycles. The van der Waals surface area contributed by atoms with Crippen molar-refractivity contribution in [3.63, 3.8) is 0 Å². The van der Waals surface area contributed by atoms with Gasteiger partial charge in [0.2, 0.25) is 0 Å². The van der Waals surface area contributed by atoms with E-state index in [-0.39, 0.29) is 17.5 Å². The van der Waals surface area contributed by atoms with Gasteiger partial charge in [0, 0.05) is 25.6 Å². The Hall–Kier alpha value is -1.35. The molecule has 3 heteroatoms. The molecule has 0 bridgehead atoms. The number of phenolic OH excluding ortho intramolecular Hbond substituents is 1. The minimum atomic E-state index is 0.155. The van der Waals surface area contributed by atoms with Crippen molar-refractivity contribution in [1.82, 2.24) is 0 Å². The molecule has 1 aromatic rings. The van der Waals surface area contributed by atoms with Crippen LogP contribution in [-0.2, 0) is 16.0 Å². The highest BCUT2D eigenvalue weighted by Gasteiger charge is 2.21. The zero-order valence-corrected chi connectivity index (χ0v) is 9.19. The van der Waals surface area contributed by atoms with Crippen LogP contribution < -0.4 is 0 Å². The number of aromatic hydroxyl groups is 1. The third-order valence-corrected chi connectivity index (χ3v) is 2.99. The molecule has 16 heavy (non-hydrogen) atoms. The number of rotatable bonds is 3. The number of hydrogen-bond donors (Lipinski definition) is 1.